The second-order valence-corrected chi connectivity index (χ2v) is 8.31. The molecule has 0 amide bonds. The highest BCUT2D eigenvalue weighted by Crippen LogP contribution is 2.10. The molecule has 0 bridgehead atoms. The third kappa shape index (κ3) is 13.9. The van der Waals surface area contributed by atoms with Crippen LogP contribution in [0.4, 0.5) is 9.59 Å². The van der Waals surface area contributed by atoms with Crippen molar-refractivity contribution in [2.75, 3.05) is 0 Å². The SMILES string of the molecule is CC(OC(=O)CCCCCCC(=O)OC(C)OC(=O)OCc1ccccc1)OC(=O)OCc1ccccc1. The van der Waals surface area contributed by atoms with Crippen LogP contribution in [0.3, 0.4) is 0 Å². The summed E-state index contributed by atoms with van der Waals surface area (Å²) in [5.74, 6) is -1.00. The molecule has 0 aliphatic rings. The second kappa shape index (κ2) is 17.4. The van der Waals surface area contributed by atoms with Gasteiger partial charge in [-0.15, -0.1) is 0 Å². The molecule has 0 saturated carbocycles. The second-order valence-electron chi connectivity index (χ2n) is 8.31. The molecule has 0 heterocycles. The standard InChI is InChI=1S/C28H34O10/c1-21(37-27(31)33-19-23-13-7-5-8-14-23)35-25(29)17-11-3-4-12-18-26(30)36-22(2)38-28(32)34-20-24-15-9-6-10-16-24/h5-10,13-16,21-22H,3-4,11-12,17-20H2,1-2H3. The third-order valence-electron chi connectivity index (χ3n) is 5.03. The maximum absolute atomic E-state index is 11.9. The predicted molar refractivity (Wildman–Crippen MR) is 134 cm³/mol. The van der Waals surface area contributed by atoms with Gasteiger partial charge in [0.25, 0.3) is 0 Å². The van der Waals surface area contributed by atoms with Gasteiger partial charge in [-0.05, 0) is 24.0 Å². The Hall–Kier alpha value is -4.08. The summed E-state index contributed by atoms with van der Waals surface area (Å²) in [5, 5.41) is 0. The van der Waals surface area contributed by atoms with Crippen LogP contribution in [0.15, 0.2) is 60.7 Å². The van der Waals surface area contributed by atoms with Crippen LogP contribution in [0.5, 0.6) is 0 Å². The summed E-state index contributed by atoms with van der Waals surface area (Å²) in [6, 6.07) is 18.2. The third-order valence-corrected chi connectivity index (χ3v) is 5.03. The van der Waals surface area contributed by atoms with Gasteiger partial charge in [0.1, 0.15) is 13.2 Å². The van der Waals surface area contributed by atoms with E-state index in [0.29, 0.717) is 25.7 Å². The molecule has 0 aromatic heterocycles. The van der Waals surface area contributed by atoms with E-state index in [1.807, 2.05) is 60.7 Å². The number of carbonyl (C=O) groups is 4. The molecule has 0 radical (unpaired) electrons. The summed E-state index contributed by atoms with van der Waals surface area (Å²) in [6.45, 7) is 2.98. The van der Waals surface area contributed by atoms with Gasteiger partial charge >= 0.3 is 24.2 Å². The van der Waals surface area contributed by atoms with Gasteiger partial charge in [0, 0.05) is 26.7 Å². The van der Waals surface area contributed by atoms with Crippen LogP contribution in [0, 0.1) is 0 Å². The maximum atomic E-state index is 11.9. The molecule has 0 saturated heterocycles. The molecule has 0 aliphatic carbocycles. The van der Waals surface area contributed by atoms with E-state index in [-0.39, 0.29) is 26.1 Å². The summed E-state index contributed by atoms with van der Waals surface area (Å²) in [4.78, 5) is 47.2. The highest BCUT2D eigenvalue weighted by atomic mass is 16.8. The van der Waals surface area contributed by atoms with E-state index in [1.165, 1.54) is 13.8 Å². The molecule has 10 nitrogen and oxygen atoms in total. The van der Waals surface area contributed by atoms with Gasteiger partial charge in [-0.1, -0.05) is 73.5 Å². The van der Waals surface area contributed by atoms with E-state index >= 15 is 0 Å². The van der Waals surface area contributed by atoms with Crippen molar-refractivity contribution >= 4 is 24.2 Å². The number of esters is 2. The van der Waals surface area contributed by atoms with Gasteiger partial charge in [-0.25, -0.2) is 9.59 Å². The first-order chi connectivity index (χ1) is 18.3. The minimum atomic E-state index is -1.07. The number of unbranched alkanes of at least 4 members (excludes halogenated alkanes) is 3. The molecule has 0 aliphatic heterocycles. The van der Waals surface area contributed by atoms with Crippen LogP contribution in [0.25, 0.3) is 0 Å². The average Bonchev–Trinajstić information content (AvgIpc) is 2.89. The Kier molecular flexibility index (Phi) is 13.8. The van der Waals surface area contributed by atoms with E-state index in [1.54, 1.807) is 0 Å². The van der Waals surface area contributed by atoms with Crippen LogP contribution < -0.4 is 0 Å². The smallest absolute Gasteiger partial charge is 0.429 e. The minimum absolute atomic E-state index is 0.0567. The van der Waals surface area contributed by atoms with Crippen molar-refractivity contribution in [3.8, 4) is 0 Å². The minimum Gasteiger partial charge on any atom is -0.429 e. The number of hydrogen-bond acceptors (Lipinski definition) is 10. The fourth-order valence-electron chi connectivity index (χ4n) is 3.20. The van der Waals surface area contributed by atoms with Gasteiger partial charge in [-0.2, -0.15) is 0 Å². The zero-order valence-electron chi connectivity index (χ0n) is 21.7. The van der Waals surface area contributed by atoms with Gasteiger partial charge in [-0.3, -0.25) is 9.59 Å². The van der Waals surface area contributed by atoms with Gasteiger partial charge in [0.2, 0.25) is 12.6 Å². The first kappa shape index (κ1) is 30.1. The highest BCUT2D eigenvalue weighted by Gasteiger charge is 2.16. The Morgan fingerprint density at radius 1 is 0.553 bits per heavy atom. The first-order valence-electron chi connectivity index (χ1n) is 12.5. The van der Waals surface area contributed by atoms with Crippen molar-refractivity contribution in [3.63, 3.8) is 0 Å². The van der Waals surface area contributed by atoms with Crippen LogP contribution in [0.1, 0.15) is 63.5 Å². The molecule has 0 spiro atoms. The number of carbonyl (C=O) groups excluding carboxylic acids is 4. The normalized spacial score (nSPS) is 11.9. The quantitative estimate of drug-likeness (QED) is 0.121. The van der Waals surface area contributed by atoms with Crippen molar-refractivity contribution in [2.24, 2.45) is 0 Å². The Bertz CT molecular complexity index is 912. The van der Waals surface area contributed by atoms with Gasteiger partial charge in [0.05, 0.1) is 0 Å². The molecule has 2 aromatic carbocycles. The van der Waals surface area contributed by atoms with E-state index in [4.69, 9.17) is 28.4 Å². The molecular weight excluding hydrogens is 496 g/mol. The molecule has 0 fully saturated rings. The van der Waals surface area contributed by atoms with Crippen molar-refractivity contribution in [1.29, 1.82) is 0 Å². The number of benzene rings is 2. The number of ether oxygens (including phenoxy) is 6. The summed E-state index contributed by atoms with van der Waals surface area (Å²) >= 11 is 0. The molecule has 206 valence electrons. The lowest BCUT2D eigenvalue weighted by molar-refractivity contribution is -0.170. The van der Waals surface area contributed by atoms with Crippen molar-refractivity contribution < 1.29 is 47.6 Å². The van der Waals surface area contributed by atoms with E-state index in [0.717, 1.165) is 11.1 Å². The zero-order valence-corrected chi connectivity index (χ0v) is 21.7. The molecule has 2 atom stereocenters. The summed E-state index contributed by atoms with van der Waals surface area (Å²) < 4.78 is 29.9. The summed E-state index contributed by atoms with van der Waals surface area (Å²) in [6.07, 6.45) is -1.23. The van der Waals surface area contributed by atoms with E-state index < -0.39 is 36.8 Å². The molecule has 10 heteroatoms. The van der Waals surface area contributed by atoms with Gasteiger partial charge < -0.3 is 28.4 Å². The Balaban J connectivity index is 1.46. The van der Waals surface area contributed by atoms with Crippen LogP contribution >= 0.6 is 0 Å². The lowest BCUT2D eigenvalue weighted by Crippen LogP contribution is -2.22. The number of hydrogen-bond donors (Lipinski definition) is 0. The lowest BCUT2D eigenvalue weighted by atomic mass is 10.1. The van der Waals surface area contributed by atoms with E-state index in [9.17, 15) is 19.2 Å². The molecule has 2 rings (SSSR count). The Labute approximate surface area is 222 Å². The van der Waals surface area contributed by atoms with Crippen LogP contribution in [-0.4, -0.2) is 36.8 Å². The monoisotopic (exact) mass is 530 g/mol. The fraction of sp³-hybridized carbons (Fsp3) is 0.429. The molecule has 2 aromatic rings. The van der Waals surface area contributed by atoms with Gasteiger partial charge in [0.15, 0.2) is 0 Å². The topological polar surface area (TPSA) is 124 Å². The predicted octanol–water partition coefficient (Wildman–Crippen LogP) is 5.81. The van der Waals surface area contributed by atoms with Crippen molar-refractivity contribution in [2.45, 2.75) is 78.2 Å². The molecule has 38 heavy (non-hydrogen) atoms. The average molecular weight is 531 g/mol. The van der Waals surface area contributed by atoms with Crippen molar-refractivity contribution in [3.05, 3.63) is 71.8 Å². The lowest BCUT2D eigenvalue weighted by Gasteiger charge is -2.14. The summed E-state index contributed by atoms with van der Waals surface area (Å²) in [5.41, 5.74) is 1.62. The van der Waals surface area contributed by atoms with Crippen LogP contribution in [0.2, 0.25) is 0 Å². The zero-order chi connectivity index (χ0) is 27.6. The molecule has 0 N–H and O–H groups in total. The highest BCUT2D eigenvalue weighted by molar-refractivity contribution is 5.70. The number of rotatable bonds is 15. The van der Waals surface area contributed by atoms with E-state index in [2.05, 4.69) is 0 Å². The summed E-state index contributed by atoms with van der Waals surface area (Å²) in [7, 11) is 0. The Morgan fingerprint density at radius 2 is 0.921 bits per heavy atom. The first-order valence-corrected chi connectivity index (χ1v) is 12.5. The molecule has 2 unspecified atom stereocenters. The van der Waals surface area contributed by atoms with Crippen LogP contribution in [-0.2, 0) is 51.2 Å². The van der Waals surface area contributed by atoms with Crippen molar-refractivity contribution in [1.82, 2.24) is 0 Å². The maximum Gasteiger partial charge on any atom is 0.511 e. The largest absolute Gasteiger partial charge is 0.511 e. The fourth-order valence-corrected chi connectivity index (χ4v) is 3.20. The Morgan fingerprint density at radius 3 is 1.29 bits per heavy atom. The molecular formula is C28H34O10.